The van der Waals surface area contributed by atoms with E-state index in [1.54, 1.807) is 28.9 Å². The molecule has 0 fully saturated rings. The van der Waals surface area contributed by atoms with Crippen molar-refractivity contribution >= 4 is 23.5 Å². The highest BCUT2D eigenvalue weighted by Crippen LogP contribution is 2.14. The zero-order valence-electron chi connectivity index (χ0n) is 13.4. The number of amides is 1. The number of hydrogen-bond donors (Lipinski definition) is 1. The lowest BCUT2D eigenvalue weighted by molar-refractivity contribution is -0.147. The van der Waals surface area contributed by atoms with Gasteiger partial charge < -0.3 is 10.1 Å². The molecule has 1 aromatic heterocycles. The number of esters is 1. The van der Waals surface area contributed by atoms with E-state index in [1.165, 1.54) is 6.92 Å². The largest absolute Gasteiger partial charge is 0.456 e. The number of hydrogen-bond acceptors (Lipinski definition) is 6. The van der Waals surface area contributed by atoms with Crippen molar-refractivity contribution in [3.8, 4) is 0 Å². The summed E-state index contributed by atoms with van der Waals surface area (Å²) in [5.74, 6) is -0.572. The summed E-state index contributed by atoms with van der Waals surface area (Å²) in [5, 5.41) is 14.0. The second kappa shape index (κ2) is 8.39. The number of aromatic nitrogens is 4. The molecule has 24 heavy (non-hydrogen) atoms. The molecule has 128 valence electrons. The van der Waals surface area contributed by atoms with Gasteiger partial charge in [0.25, 0.3) is 5.91 Å². The second-order valence-electron chi connectivity index (χ2n) is 5.10. The molecule has 1 aromatic carbocycles. The van der Waals surface area contributed by atoms with E-state index < -0.39 is 17.9 Å². The van der Waals surface area contributed by atoms with Crippen LogP contribution in [0.25, 0.3) is 0 Å². The van der Waals surface area contributed by atoms with E-state index in [0.717, 1.165) is 6.42 Å². The Kier molecular flexibility index (Phi) is 6.25. The number of halogens is 1. The average molecular weight is 352 g/mol. The van der Waals surface area contributed by atoms with Gasteiger partial charge in [0, 0.05) is 6.54 Å². The number of rotatable bonds is 7. The lowest BCUT2D eigenvalue weighted by Gasteiger charge is -2.13. The van der Waals surface area contributed by atoms with Gasteiger partial charge in [-0.15, -0.1) is 5.10 Å². The van der Waals surface area contributed by atoms with E-state index >= 15 is 0 Å². The highest BCUT2D eigenvalue weighted by atomic mass is 35.5. The van der Waals surface area contributed by atoms with E-state index in [0.29, 0.717) is 23.0 Å². The van der Waals surface area contributed by atoms with Crippen molar-refractivity contribution < 1.29 is 14.3 Å². The predicted octanol–water partition coefficient (Wildman–Crippen LogP) is 1.60. The van der Waals surface area contributed by atoms with Crippen LogP contribution in [0, 0.1) is 0 Å². The number of benzene rings is 1. The van der Waals surface area contributed by atoms with Crippen LogP contribution in [0.15, 0.2) is 24.3 Å². The van der Waals surface area contributed by atoms with Gasteiger partial charge in [-0.05, 0) is 35.9 Å². The minimum Gasteiger partial charge on any atom is -0.456 e. The van der Waals surface area contributed by atoms with Gasteiger partial charge in [-0.1, -0.05) is 30.7 Å². The molecule has 0 radical (unpaired) electrons. The lowest BCUT2D eigenvalue weighted by atomic mass is 10.2. The maximum Gasteiger partial charge on any atom is 0.328 e. The number of tetrazole rings is 1. The third-order valence-corrected chi connectivity index (χ3v) is 3.53. The fourth-order valence-electron chi connectivity index (χ4n) is 1.95. The molecule has 2 aromatic rings. The van der Waals surface area contributed by atoms with Gasteiger partial charge in [0.1, 0.15) is 6.04 Å². The molecule has 0 aliphatic heterocycles. The Morgan fingerprint density at radius 1 is 1.38 bits per heavy atom. The molecule has 0 bridgehead atoms. The number of carbonyl (C=O) groups is 2. The van der Waals surface area contributed by atoms with Crippen molar-refractivity contribution in [3.63, 3.8) is 0 Å². The molecule has 1 amide bonds. The molecule has 0 aliphatic carbocycles. The topological polar surface area (TPSA) is 99.0 Å². The monoisotopic (exact) mass is 351 g/mol. The van der Waals surface area contributed by atoms with Crippen LogP contribution in [0.2, 0.25) is 5.02 Å². The first-order chi connectivity index (χ1) is 11.5. The van der Waals surface area contributed by atoms with Crippen LogP contribution in [-0.2, 0) is 22.7 Å². The zero-order chi connectivity index (χ0) is 17.5. The smallest absolute Gasteiger partial charge is 0.328 e. The molecule has 0 aliphatic rings. The molecule has 9 heteroatoms. The van der Waals surface area contributed by atoms with Crippen molar-refractivity contribution in [2.45, 2.75) is 39.5 Å². The van der Waals surface area contributed by atoms with E-state index in [-0.39, 0.29) is 6.61 Å². The Bertz CT molecular complexity index is 719. The zero-order valence-corrected chi connectivity index (χ0v) is 14.2. The Morgan fingerprint density at radius 2 is 2.12 bits per heavy atom. The highest BCUT2D eigenvalue weighted by Gasteiger charge is 2.20. The van der Waals surface area contributed by atoms with Gasteiger partial charge in [-0.25, -0.2) is 9.48 Å². The van der Waals surface area contributed by atoms with Gasteiger partial charge in [-0.3, -0.25) is 4.79 Å². The Morgan fingerprint density at radius 3 is 2.83 bits per heavy atom. The van der Waals surface area contributed by atoms with Crippen LogP contribution in [0.3, 0.4) is 0 Å². The Hall–Kier alpha value is -2.48. The first-order valence-electron chi connectivity index (χ1n) is 7.50. The molecule has 1 N–H and O–H groups in total. The molecule has 0 spiro atoms. The molecule has 8 nitrogen and oxygen atoms in total. The average Bonchev–Trinajstić information content (AvgIpc) is 3.00. The summed E-state index contributed by atoms with van der Waals surface area (Å²) in [6.45, 7) is 4.10. The third-order valence-electron chi connectivity index (χ3n) is 3.20. The summed E-state index contributed by atoms with van der Waals surface area (Å²) in [4.78, 5) is 24.1. The summed E-state index contributed by atoms with van der Waals surface area (Å²) in [5.41, 5.74) is 0.297. The molecule has 2 rings (SSSR count). The molecule has 1 heterocycles. The van der Waals surface area contributed by atoms with Gasteiger partial charge in [-0.2, -0.15) is 0 Å². The van der Waals surface area contributed by atoms with Crippen molar-refractivity contribution in [1.29, 1.82) is 0 Å². The van der Waals surface area contributed by atoms with Crippen molar-refractivity contribution in [2.24, 2.45) is 0 Å². The quantitative estimate of drug-likeness (QED) is 0.761. The van der Waals surface area contributed by atoms with Crippen molar-refractivity contribution in [3.05, 3.63) is 40.7 Å². The van der Waals surface area contributed by atoms with Crippen LogP contribution < -0.4 is 5.32 Å². The normalized spacial score (nSPS) is 11.8. The molecule has 1 atom stereocenters. The molecular formula is C15H18ClN5O3. The van der Waals surface area contributed by atoms with Gasteiger partial charge in [0.15, 0.2) is 12.4 Å². The maximum atomic E-state index is 12.1. The Balaban J connectivity index is 1.89. The SMILES string of the molecule is CCCn1nnnc1COC(=O)[C@@H](C)NC(=O)c1ccccc1Cl. The van der Waals surface area contributed by atoms with Crippen molar-refractivity contribution in [2.75, 3.05) is 0 Å². The molecule has 0 saturated carbocycles. The van der Waals surface area contributed by atoms with Crippen molar-refractivity contribution in [1.82, 2.24) is 25.5 Å². The first-order valence-corrected chi connectivity index (χ1v) is 7.87. The van der Waals surface area contributed by atoms with Crippen LogP contribution in [0.1, 0.15) is 36.5 Å². The van der Waals surface area contributed by atoms with Gasteiger partial charge in [0.2, 0.25) is 0 Å². The van der Waals surface area contributed by atoms with Crippen LogP contribution in [0.4, 0.5) is 0 Å². The minimum atomic E-state index is -0.829. The lowest BCUT2D eigenvalue weighted by Crippen LogP contribution is -2.39. The van der Waals surface area contributed by atoms with Crippen LogP contribution >= 0.6 is 11.6 Å². The standard InChI is InChI=1S/C15H18ClN5O3/c1-3-8-21-13(18-19-20-21)9-24-15(23)10(2)17-14(22)11-6-4-5-7-12(11)16/h4-7,10H,3,8-9H2,1-2H3,(H,17,22)/t10-/m1/s1. The molecule has 0 unspecified atom stereocenters. The fraction of sp³-hybridized carbons (Fsp3) is 0.400. The summed E-state index contributed by atoms with van der Waals surface area (Å²) < 4.78 is 6.72. The number of ether oxygens (including phenoxy) is 1. The number of carbonyl (C=O) groups excluding carboxylic acids is 2. The third kappa shape index (κ3) is 4.51. The van der Waals surface area contributed by atoms with Crippen LogP contribution in [0.5, 0.6) is 0 Å². The van der Waals surface area contributed by atoms with Gasteiger partial charge in [0.05, 0.1) is 10.6 Å². The first kappa shape index (κ1) is 17.9. The number of nitrogens with one attached hydrogen (secondary N) is 1. The van der Waals surface area contributed by atoms with E-state index in [4.69, 9.17) is 16.3 Å². The highest BCUT2D eigenvalue weighted by molar-refractivity contribution is 6.33. The minimum absolute atomic E-state index is 0.0574. The summed E-state index contributed by atoms with van der Waals surface area (Å²) in [6, 6.07) is 5.76. The maximum absolute atomic E-state index is 12.1. The Labute approximate surface area is 144 Å². The van der Waals surface area contributed by atoms with E-state index in [1.807, 2.05) is 6.92 Å². The second-order valence-corrected chi connectivity index (χ2v) is 5.51. The fourth-order valence-corrected chi connectivity index (χ4v) is 2.17. The summed E-state index contributed by atoms with van der Waals surface area (Å²) in [7, 11) is 0. The summed E-state index contributed by atoms with van der Waals surface area (Å²) in [6.07, 6.45) is 0.857. The van der Waals surface area contributed by atoms with E-state index in [9.17, 15) is 9.59 Å². The molecule has 0 saturated heterocycles. The number of nitrogens with zero attached hydrogens (tertiary/aromatic N) is 4. The predicted molar refractivity (Wildman–Crippen MR) is 86.3 cm³/mol. The number of aryl methyl sites for hydroxylation is 1. The van der Waals surface area contributed by atoms with Gasteiger partial charge >= 0.3 is 5.97 Å². The summed E-state index contributed by atoms with van der Waals surface area (Å²) >= 11 is 5.96. The van der Waals surface area contributed by atoms with Crippen LogP contribution in [-0.4, -0.2) is 38.1 Å². The van der Waals surface area contributed by atoms with E-state index in [2.05, 4.69) is 20.8 Å². The molecular weight excluding hydrogens is 334 g/mol.